The van der Waals surface area contributed by atoms with E-state index in [-0.39, 0.29) is 0 Å². The summed E-state index contributed by atoms with van der Waals surface area (Å²) < 4.78 is 1.91. The highest BCUT2D eigenvalue weighted by Gasteiger charge is 2.06. The number of aryl methyl sites for hydroxylation is 2. The van der Waals surface area contributed by atoms with Gasteiger partial charge in [0.25, 0.3) is 0 Å². The molecular formula is C8H14ClN3. The third kappa shape index (κ3) is 2.21. The maximum Gasteiger partial charge on any atom is 0.147 e. The molecule has 0 fully saturated rings. The van der Waals surface area contributed by atoms with Crippen molar-refractivity contribution in [2.24, 2.45) is 5.92 Å². The minimum absolute atomic E-state index is 0.450. The molecule has 1 unspecified atom stereocenters. The van der Waals surface area contributed by atoms with Gasteiger partial charge in [0, 0.05) is 12.4 Å². The van der Waals surface area contributed by atoms with Gasteiger partial charge < -0.3 is 0 Å². The molecule has 0 bridgehead atoms. The fourth-order valence-electron chi connectivity index (χ4n) is 1.08. The van der Waals surface area contributed by atoms with Gasteiger partial charge in [0.15, 0.2) is 0 Å². The van der Waals surface area contributed by atoms with Gasteiger partial charge in [0.2, 0.25) is 0 Å². The zero-order valence-corrected chi connectivity index (χ0v) is 8.47. The van der Waals surface area contributed by atoms with Crippen LogP contribution in [0.2, 0.25) is 0 Å². The van der Waals surface area contributed by atoms with Crippen molar-refractivity contribution in [1.29, 1.82) is 0 Å². The van der Waals surface area contributed by atoms with Gasteiger partial charge in [0.1, 0.15) is 11.6 Å². The Morgan fingerprint density at radius 3 is 2.58 bits per heavy atom. The van der Waals surface area contributed by atoms with Crippen molar-refractivity contribution in [3.8, 4) is 0 Å². The van der Waals surface area contributed by atoms with Crippen molar-refractivity contribution in [2.45, 2.75) is 27.3 Å². The van der Waals surface area contributed by atoms with Crippen LogP contribution in [0.1, 0.15) is 18.6 Å². The van der Waals surface area contributed by atoms with E-state index >= 15 is 0 Å². The van der Waals surface area contributed by atoms with E-state index < -0.39 is 0 Å². The summed E-state index contributed by atoms with van der Waals surface area (Å²) in [6.07, 6.45) is 0. The molecule has 1 rings (SSSR count). The minimum atomic E-state index is 0.450. The van der Waals surface area contributed by atoms with Gasteiger partial charge in [-0.15, -0.1) is 11.6 Å². The Kier molecular flexibility index (Phi) is 3.09. The lowest BCUT2D eigenvalue weighted by Crippen LogP contribution is -2.11. The molecule has 0 spiro atoms. The van der Waals surface area contributed by atoms with Crippen molar-refractivity contribution in [1.82, 2.24) is 14.8 Å². The number of hydrogen-bond donors (Lipinski definition) is 0. The van der Waals surface area contributed by atoms with E-state index in [0.29, 0.717) is 11.8 Å². The van der Waals surface area contributed by atoms with E-state index in [1.807, 2.05) is 18.5 Å². The smallest absolute Gasteiger partial charge is 0.147 e. The standard InChI is InChI=1S/C8H14ClN3/c1-6(4-9)5-12-8(3)10-7(2)11-12/h6H,4-5H2,1-3H3. The Balaban J connectivity index is 2.68. The van der Waals surface area contributed by atoms with E-state index in [4.69, 9.17) is 11.6 Å². The third-order valence-electron chi connectivity index (χ3n) is 1.71. The second kappa shape index (κ2) is 3.90. The molecule has 3 nitrogen and oxygen atoms in total. The van der Waals surface area contributed by atoms with Gasteiger partial charge >= 0.3 is 0 Å². The second-order valence-electron chi connectivity index (χ2n) is 3.15. The largest absolute Gasteiger partial charge is 0.250 e. The Labute approximate surface area is 77.8 Å². The van der Waals surface area contributed by atoms with Gasteiger partial charge in [0.05, 0.1) is 0 Å². The number of rotatable bonds is 3. The SMILES string of the molecule is Cc1nc(C)n(CC(C)CCl)n1. The fourth-order valence-corrected chi connectivity index (χ4v) is 1.18. The maximum absolute atomic E-state index is 5.70. The molecule has 1 aromatic rings. The molecule has 68 valence electrons. The molecule has 0 saturated carbocycles. The van der Waals surface area contributed by atoms with E-state index in [2.05, 4.69) is 17.0 Å². The Morgan fingerprint density at radius 2 is 2.17 bits per heavy atom. The molecule has 0 aliphatic rings. The number of aromatic nitrogens is 3. The molecule has 0 saturated heterocycles. The number of nitrogens with zero attached hydrogens (tertiary/aromatic N) is 3. The molecule has 0 N–H and O–H groups in total. The van der Waals surface area contributed by atoms with Crippen LogP contribution in [0.15, 0.2) is 0 Å². The number of halogens is 1. The van der Waals surface area contributed by atoms with Crippen LogP contribution < -0.4 is 0 Å². The van der Waals surface area contributed by atoms with Crippen LogP contribution >= 0.6 is 11.6 Å². The summed E-state index contributed by atoms with van der Waals surface area (Å²) in [7, 11) is 0. The molecule has 1 heterocycles. The van der Waals surface area contributed by atoms with Crippen LogP contribution in [0.5, 0.6) is 0 Å². The highest BCUT2D eigenvalue weighted by Crippen LogP contribution is 2.04. The van der Waals surface area contributed by atoms with Crippen molar-refractivity contribution in [3.63, 3.8) is 0 Å². The van der Waals surface area contributed by atoms with Crippen LogP contribution in [0.4, 0.5) is 0 Å². The molecule has 0 radical (unpaired) electrons. The van der Waals surface area contributed by atoms with Crippen LogP contribution in [0.3, 0.4) is 0 Å². The number of hydrogen-bond acceptors (Lipinski definition) is 2. The summed E-state index contributed by atoms with van der Waals surface area (Å²) in [5.74, 6) is 2.91. The second-order valence-corrected chi connectivity index (χ2v) is 3.46. The van der Waals surface area contributed by atoms with Gasteiger partial charge in [-0.1, -0.05) is 6.92 Å². The first kappa shape index (κ1) is 9.52. The summed E-state index contributed by atoms with van der Waals surface area (Å²) in [6.45, 7) is 6.81. The zero-order valence-electron chi connectivity index (χ0n) is 7.71. The molecule has 0 amide bonds. The van der Waals surface area contributed by atoms with Gasteiger partial charge in [-0.25, -0.2) is 9.67 Å². The monoisotopic (exact) mass is 187 g/mol. The first-order valence-electron chi connectivity index (χ1n) is 4.07. The van der Waals surface area contributed by atoms with E-state index in [1.165, 1.54) is 0 Å². The third-order valence-corrected chi connectivity index (χ3v) is 2.24. The normalized spacial score (nSPS) is 13.3. The van der Waals surface area contributed by atoms with Crippen LogP contribution in [0, 0.1) is 19.8 Å². The minimum Gasteiger partial charge on any atom is -0.250 e. The average Bonchev–Trinajstić information content (AvgIpc) is 2.30. The van der Waals surface area contributed by atoms with Gasteiger partial charge in [-0.2, -0.15) is 5.10 Å². The van der Waals surface area contributed by atoms with E-state index in [0.717, 1.165) is 18.2 Å². The van der Waals surface area contributed by atoms with Crippen LogP contribution in [0.25, 0.3) is 0 Å². The maximum atomic E-state index is 5.70. The van der Waals surface area contributed by atoms with Crippen molar-refractivity contribution < 1.29 is 0 Å². The van der Waals surface area contributed by atoms with E-state index in [9.17, 15) is 0 Å². The van der Waals surface area contributed by atoms with Crippen LogP contribution in [-0.4, -0.2) is 20.6 Å². The summed E-state index contributed by atoms with van der Waals surface area (Å²) in [5, 5.41) is 4.25. The van der Waals surface area contributed by atoms with Gasteiger partial charge in [-0.3, -0.25) is 0 Å². The van der Waals surface area contributed by atoms with Crippen molar-refractivity contribution in [3.05, 3.63) is 11.6 Å². The predicted octanol–water partition coefficient (Wildman–Crippen LogP) is 1.77. The summed E-state index contributed by atoms with van der Waals surface area (Å²) in [6, 6.07) is 0. The Morgan fingerprint density at radius 1 is 1.50 bits per heavy atom. The van der Waals surface area contributed by atoms with Crippen LogP contribution in [-0.2, 0) is 6.54 Å². The Hall–Kier alpha value is -0.570. The topological polar surface area (TPSA) is 30.7 Å². The fraction of sp³-hybridized carbons (Fsp3) is 0.750. The quantitative estimate of drug-likeness (QED) is 0.676. The first-order chi connectivity index (χ1) is 5.63. The molecule has 0 aliphatic carbocycles. The summed E-state index contributed by atoms with van der Waals surface area (Å²) >= 11 is 5.70. The predicted molar refractivity (Wildman–Crippen MR) is 49.4 cm³/mol. The molecule has 0 aromatic carbocycles. The molecule has 4 heteroatoms. The van der Waals surface area contributed by atoms with Crippen molar-refractivity contribution in [2.75, 3.05) is 5.88 Å². The highest BCUT2D eigenvalue weighted by atomic mass is 35.5. The molecule has 1 atom stereocenters. The lowest BCUT2D eigenvalue weighted by molar-refractivity contribution is 0.475. The summed E-state index contributed by atoms with van der Waals surface area (Å²) in [5.41, 5.74) is 0. The molecule has 0 aliphatic heterocycles. The highest BCUT2D eigenvalue weighted by molar-refractivity contribution is 6.18. The molecule has 12 heavy (non-hydrogen) atoms. The van der Waals surface area contributed by atoms with Crippen molar-refractivity contribution >= 4 is 11.6 Å². The van der Waals surface area contributed by atoms with E-state index in [1.54, 1.807) is 0 Å². The van der Waals surface area contributed by atoms with Gasteiger partial charge in [-0.05, 0) is 19.8 Å². The average molecular weight is 188 g/mol. The molecular weight excluding hydrogens is 174 g/mol. The molecule has 1 aromatic heterocycles. The number of alkyl halides is 1. The Bertz CT molecular complexity index is 257. The summed E-state index contributed by atoms with van der Waals surface area (Å²) in [4.78, 5) is 4.21. The zero-order chi connectivity index (χ0) is 9.14. The lowest BCUT2D eigenvalue weighted by atomic mass is 10.2. The lowest BCUT2D eigenvalue weighted by Gasteiger charge is -2.07. The first-order valence-corrected chi connectivity index (χ1v) is 4.61.